The standard InChI is InChI=1S/C23H25ClN4O3/c1-31-20-7-5-17(6-8-20)21-9-10-22(29)28(25-21)16-23(30)27-13-11-26(12-14-27)19-4-2-3-18(24)15-19/h2-8,15H,9-14,16H2,1H3. The van der Waals surface area contributed by atoms with Gasteiger partial charge in [0.2, 0.25) is 11.8 Å². The minimum absolute atomic E-state index is 0.0321. The monoisotopic (exact) mass is 440 g/mol. The SMILES string of the molecule is COc1ccc(C2=NN(CC(=O)N3CCN(c4cccc(Cl)c4)CC3)C(=O)CC2)cc1. The molecule has 0 bridgehead atoms. The van der Waals surface area contributed by atoms with Crippen LogP contribution in [0.2, 0.25) is 5.02 Å². The fourth-order valence-corrected chi connectivity index (χ4v) is 4.01. The van der Waals surface area contributed by atoms with E-state index >= 15 is 0 Å². The Morgan fingerprint density at radius 1 is 1.06 bits per heavy atom. The molecule has 2 aliphatic heterocycles. The molecule has 1 saturated heterocycles. The first-order chi connectivity index (χ1) is 15.0. The number of ether oxygens (including phenoxy) is 1. The van der Waals surface area contributed by atoms with Gasteiger partial charge in [0.25, 0.3) is 0 Å². The molecule has 1 fully saturated rings. The van der Waals surface area contributed by atoms with E-state index < -0.39 is 0 Å². The molecule has 0 saturated carbocycles. The van der Waals surface area contributed by atoms with Gasteiger partial charge in [0.05, 0.1) is 12.8 Å². The number of methoxy groups -OCH3 is 1. The summed E-state index contributed by atoms with van der Waals surface area (Å²) in [6.07, 6.45) is 0.912. The van der Waals surface area contributed by atoms with E-state index in [1.807, 2.05) is 48.5 Å². The molecule has 8 heteroatoms. The highest BCUT2D eigenvalue weighted by molar-refractivity contribution is 6.30. The molecule has 0 N–H and O–H groups in total. The van der Waals surface area contributed by atoms with Gasteiger partial charge in [-0.2, -0.15) is 5.10 Å². The van der Waals surface area contributed by atoms with Crippen molar-refractivity contribution in [1.82, 2.24) is 9.91 Å². The van der Waals surface area contributed by atoms with Crippen molar-refractivity contribution in [3.63, 3.8) is 0 Å². The molecule has 7 nitrogen and oxygen atoms in total. The Balaban J connectivity index is 1.37. The summed E-state index contributed by atoms with van der Waals surface area (Å²) in [7, 11) is 1.62. The largest absolute Gasteiger partial charge is 0.497 e. The minimum Gasteiger partial charge on any atom is -0.497 e. The van der Waals surface area contributed by atoms with Gasteiger partial charge in [-0.3, -0.25) is 9.59 Å². The molecule has 2 aromatic carbocycles. The van der Waals surface area contributed by atoms with Gasteiger partial charge in [-0.1, -0.05) is 17.7 Å². The first-order valence-corrected chi connectivity index (χ1v) is 10.7. The third-order valence-electron chi connectivity index (χ3n) is 5.62. The summed E-state index contributed by atoms with van der Waals surface area (Å²) in [6, 6.07) is 15.3. The van der Waals surface area contributed by atoms with Gasteiger partial charge in [0, 0.05) is 49.7 Å². The Labute approximate surface area is 186 Å². The molecule has 31 heavy (non-hydrogen) atoms. The number of nitrogens with zero attached hydrogens (tertiary/aromatic N) is 4. The molecular weight excluding hydrogens is 416 g/mol. The van der Waals surface area contributed by atoms with Crippen molar-refractivity contribution in [3.8, 4) is 5.75 Å². The maximum absolute atomic E-state index is 12.8. The van der Waals surface area contributed by atoms with Crippen molar-refractivity contribution in [3.05, 3.63) is 59.1 Å². The van der Waals surface area contributed by atoms with E-state index in [0.717, 1.165) is 35.8 Å². The lowest BCUT2D eigenvalue weighted by Crippen LogP contribution is -2.51. The van der Waals surface area contributed by atoms with Crippen LogP contribution < -0.4 is 9.64 Å². The zero-order chi connectivity index (χ0) is 21.8. The molecule has 4 rings (SSSR count). The Bertz CT molecular complexity index is 985. The van der Waals surface area contributed by atoms with E-state index in [9.17, 15) is 9.59 Å². The van der Waals surface area contributed by atoms with Crippen molar-refractivity contribution in [2.45, 2.75) is 12.8 Å². The second-order valence-electron chi connectivity index (χ2n) is 7.57. The summed E-state index contributed by atoms with van der Waals surface area (Å²) < 4.78 is 5.19. The van der Waals surface area contributed by atoms with E-state index in [-0.39, 0.29) is 18.4 Å². The van der Waals surface area contributed by atoms with E-state index in [1.54, 1.807) is 12.0 Å². The minimum atomic E-state index is -0.122. The lowest BCUT2D eigenvalue weighted by molar-refractivity contribution is -0.141. The van der Waals surface area contributed by atoms with Gasteiger partial charge in [-0.25, -0.2) is 5.01 Å². The molecule has 2 aliphatic rings. The second kappa shape index (κ2) is 9.39. The van der Waals surface area contributed by atoms with Crippen LogP contribution in [-0.4, -0.2) is 67.3 Å². The summed E-state index contributed by atoms with van der Waals surface area (Å²) in [4.78, 5) is 29.2. The molecule has 0 aliphatic carbocycles. The Kier molecular flexibility index (Phi) is 6.42. The normalized spacial score (nSPS) is 16.9. The lowest BCUT2D eigenvalue weighted by Gasteiger charge is -2.37. The van der Waals surface area contributed by atoms with Gasteiger partial charge < -0.3 is 14.5 Å². The predicted molar refractivity (Wildman–Crippen MR) is 121 cm³/mol. The fraction of sp³-hybridized carbons (Fsp3) is 0.348. The van der Waals surface area contributed by atoms with E-state index in [4.69, 9.17) is 16.3 Å². The molecule has 0 spiro atoms. The summed E-state index contributed by atoms with van der Waals surface area (Å²) in [5.41, 5.74) is 2.79. The highest BCUT2D eigenvalue weighted by Gasteiger charge is 2.27. The van der Waals surface area contributed by atoms with Crippen LogP contribution in [0.25, 0.3) is 0 Å². The van der Waals surface area contributed by atoms with Gasteiger partial charge in [0.1, 0.15) is 12.3 Å². The number of anilines is 1. The highest BCUT2D eigenvalue weighted by atomic mass is 35.5. The maximum atomic E-state index is 12.8. The van der Waals surface area contributed by atoms with Crippen molar-refractivity contribution < 1.29 is 14.3 Å². The number of carbonyl (C=O) groups is 2. The zero-order valence-corrected chi connectivity index (χ0v) is 18.2. The Morgan fingerprint density at radius 2 is 1.81 bits per heavy atom. The molecule has 0 atom stereocenters. The number of halogens is 1. The van der Waals surface area contributed by atoms with Gasteiger partial charge >= 0.3 is 0 Å². The summed E-state index contributed by atoms with van der Waals surface area (Å²) >= 11 is 6.09. The molecule has 0 aromatic heterocycles. The second-order valence-corrected chi connectivity index (χ2v) is 8.01. The first kappa shape index (κ1) is 21.2. The topological polar surface area (TPSA) is 65.5 Å². The smallest absolute Gasteiger partial charge is 0.244 e. The summed E-state index contributed by atoms with van der Waals surface area (Å²) in [6.45, 7) is 2.61. The van der Waals surface area contributed by atoms with Crippen molar-refractivity contribution in [2.24, 2.45) is 5.10 Å². The average Bonchev–Trinajstić information content (AvgIpc) is 2.80. The predicted octanol–water partition coefficient (Wildman–Crippen LogP) is 3.02. The molecule has 162 valence electrons. The number of carbonyl (C=O) groups excluding carboxylic acids is 2. The molecule has 2 heterocycles. The van der Waals surface area contributed by atoms with Crippen LogP contribution in [0.4, 0.5) is 5.69 Å². The van der Waals surface area contributed by atoms with Crippen molar-refractivity contribution in [1.29, 1.82) is 0 Å². The molecule has 0 unspecified atom stereocenters. The van der Waals surface area contributed by atoms with E-state index in [1.165, 1.54) is 5.01 Å². The third kappa shape index (κ3) is 4.99. The number of rotatable bonds is 5. The Morgan fingerprint density at radius 3 is 2.48 bits per heavy atom. The number of piperazine rings is 1. The van der Waals surface area contributed by atoms with Crippen LogP contribution in [0.1, 0.15) is 18.4 Å². The number of benzene rings is 2. The average molecular weight is 441 g/mol. The molecular formula is C23H25ClN4O3. The van der Waals surface area contributed by atoms with Crippen LogP contribution in [0.15, 0.2) is 53.6 Å². The van der Waals surface area contributed by atoms with Crippen LogP contribution in [-0.2, 0) is 9.59 Å². The summed E-state index contributed by atoms with van der Waals surface area (Å²) in [5, 5.41) is 6.50. The number of amides is 2. The highest BCUT2D eigenvalue weighted by Crippen LogP contribution is 2.21. The molecule has 0 radical (unpaired) electrons. The fourth-order valence-electron chi connectivity index (χ4n) is 3.83. The van der Waals surface area contributed by atoms with Crippen LogP contribution in [0.3, 0.4) is 0 Å². The van der Waals surface area contributed by atoms with Crippen LogP contribution in [0, 0.1) is 0 Å². The first-order valence-electron chi connectivity index (χ1n) is 10.3. The van der Waals surface area contributed by atoms with Gasteiger partial charge in [-0.05, 0) is 48.0 Å². The van der Waals surface area contributed by atoms with Crippen molar-refractivity contribution in [2.75, 3.05) is 44.7 Å². The van der Waals surface area contributed by atoms with Gasteiger partial charge in [-0.15, -0.1) is 0 Å². The van der Waals surface area contributed by atoms with Crippen molar-refractivity contribution >= 4 is 34.8 Å². The summed E-state index contributed by atoms with van der Waals surface area (Å²) in [5.74, 6) is 0.558. The lowest BCUT2D eigenvalue weighted by atomic mass is 10.0. The Hall–Kier alpha value is -3.06. The van der Waals surface area contributed by atoms with Crippen LogP contribution >= 0.6 is 11.6 Å². The zero-order valence-electron chi connectivity index (χ0n) is 17.5. The number of hydrazone groups is 1. The third-order valence-corrected chi connectivity index (χ3v) is 5.85. The molecule has 2 aromatic rings. The number of hydrogen-bond acceptors (Lipinski definition) is 5. The number of hydrogen-bond donors (Lipinski definition) is 0. The van der Waals surface area contributed by atoms with Crippen LogP contribution in [0.5, 0.6) is 5.75 Å². The molecule has 2 amide bonds. The quantitative estimate of drug-likeness (QED) is 0.716. The van der Waals surface area contributed by atoms with E-state index in [0.29, 0.717) is 31.0 Å². The van der Waals surface area contributed by atoms with Gasteiger partial charge in [0.15, 0.2) is 0 Å². The van der Waals surface area contributed by atoms with E-state index in [2.05, 4.69) is 10.0 Å². The maximum Gasteiger partial charge on any atom is 0.244 e.